The van der Waals surface area contributed by atoms with Crippen molar-refractivity contribution in [3.63, 3.8) is 0 Å². The average molecular weight is 249 g/mol. The van der Waals surface area contributed by atoms with Gasteiger partial charge in [0, 0.05) is 6.04 Å². The Hall–Kier alpha value is -1.15. The highest BCUT2D eigenvalue weighted by Gasteiger charge is 2.27. The highest BCUT2D eigenvalue weighted by atomic mass is 32.2. The predicted octanol–water partition coefficient (Wildman–Crippen LogP) is 1.70. The molecule has 1 amide bonds. The van der Waals surface area contributed by atoms with Gasteiger partial charge in [0.05, 0.1) is 0 Å². The number of nitrogens with one attached hydrogen (secondary N) is 1. The van der Waals surface area contributed by atoms with Gasteiger partial charge in [0.2, 0.25) is 0 Å². The van der Waals surface area contributed by atoms with Crippen LogP contribution in [0.5, 0.6) is 0 Å². The van der Waals surface area contributed by atoms with Crippen molar-refractivity contribution in [3.05, 3.63) is 0 Å². The average Bonchev–Trinajstić information content (AvgIpc) is 2.25. The Bertz CT molecular complexity index is 258. The van der Waals surface area contributed by atoms with Gasteiger partial charge in [-0.2, -0.15) is 0 Å². The van der Waals surface area contributed by atoms with Crippen molar-refractivity contribution in [3.8, 4) is 0 Å². The van der Waals surface area contributed by atoms with E-state index in [2.05, 4.69) is 9.22 Å². The molecule has 0 aromatic rings. The lowest BCUT2D eigenvalue weighted by molar-refractivity contribution is -0.102. The molecule has 0 spiro atoms. The third kappa shape index (κ3) is 4.15. The van der Waals surface area contributed by atoms with E-state index in [1.165, 1.54) is 0 Å². The van der Waals surface area contributed by atoms with Crippen molar-refractivity contribution in [2.75, 3.05) is 0 Å². The molecular weight excluding hydrogens is 234 g/mol. The maximum atomic E-state index is 11.0. The van der Waals surface area contributed by atoms with Crippen LogP contribution in [0.15, 0.2) is 0 Å². The molecule has 0 heterocycles. The fourth-order valence-electron chi connectivity index (χ4n) is 1.65. The van der Waals surface area contributed by atoms with Crippen molar-refractivity contribution >= 4 is 24.3 Å². The van der Waals surface area contributed by atoms with E-state index in [-0.39, 0.29) is 6.04 Å². The topological polar surface area (TPSA) is 109 Å². The second-order valence-electron chi connectivity index (χ2n) is 3.49. The van der Waals surface area contributed by atoms with Crippen molar-refractivity contribution in [2.24, 2.45) is 5.73 Å². The van der Waals surface area contributed by atoms with E-state index in [1.807, 2.05) is 0 Å². The maximum absolute atomic E-state index is 11.0. The highest BCUT2D eigenvalue weighted by molar-refractivity contribution is 7.92. The van der Waals surface area contributed by atoms with E-state index in [1.54, 1.807) is 0 Å². The highest BCUT2D eigenvalue weighted by Crippen LogP contribution is 2.27. The monoisotopic (exact) mass is 249 g/mol. The van der Waals surface area contributed by atoms with Gasteiger partial charge < -0.3 is 10.8 Å². The lowest BCUT2D eigenvalue weighted by atomic mass is 9.96. The summed E-state index contributed by atoms with van der Waals surface area (Å²) in [5.41, 5.74) is 4.89. The number of carbonyl (C=O) groups is 1. The Morgan fingerprint density at radius 3 is 2.56 bits per heavy atom. The molecule has 7 nitrogen and oxygen atoms in total. The molecule has 0 aromatic heterocycles. The van der Waals surface area contributed by atoms with Gasteiger partial charge in [0.1, 0.15) is 0 Å². The van der Waals surface area contributed by atoms with Crippen LogP contribution in [0, 0.1) is 5.41 Å². The SMILES string of the molecule is N=C(N)OOSN(C(=O)O)C1CCCCC1. The van der Waals surface area contributed by atoms with E-state index in [4.69, 9.17) is 16.2 Å². The minimum Gasteiger partial charge on any atom is -0.464 e. The number of nitrogens with zero attached hydrogens (tertiary/aromatic N) is 1. The molecule has 0 aromatic carbocycles. The molecule has 1 aliphatic rings. The smallest absolute Gasteiger partial charge is 0.419 e. The quantitative estimate of drug-likeness (QED) is 0.175. The third-order valence-electron chi connectivity index (χ3n) is 2.33. The first-order valence-corrected chi connectivity index (χ1v) is 5.68. The van der Waals surface area contributed by atoms with Gasteiger partial charge in [-0.05, 0) is 12.8 Å². The molecule has 16 heavy (non-hydrogen) atoms. The largest absolute Gasteiger partial charge is 0.464 e. The summed E-state index contributed by atoms with van der Waals surface area (Å²) < 4.78 is 5.58. The number of carboxylic acid groups (broad SMARTS) is 1. The summed E-state index contributed by atoms with van der Waals surface area (Å²) in [5.74, 6) is 0. The lowest BCUT2D eigenvalue weighted by Gasteiger charge is -2.29. The van der Waals surface area contributed by atoms with Crippen LogP contribution >= 0.6 is 12.2 Å². The lowest BCUT2D eigenvalue weighted by Crippen LogP contribution is -2.35. The van der Waals surface area contributed by atoms with Crippen LogP contribution in [-0.4, -0.2) is 27.6 Å². The van der Waals surface area contributed by atoms with Crippen molar-refractivity contribution in [1.29, 1.82) is 5.41 Å². The Kier molecular flexibility index (Phi) is 5.20. The molecule has 1 rings (SSSR count). The minimum atomic E-state index is -1.08. The van der Waals surface area contributed by atoms with Gasteiger partial charge in [0.25, 0.3) is 0 Å². The van der Waals surface area contributed by atoms with E-state index < -0.39 is 12.1 Å². The predicted molar refractivity (Wildman–Crippen MR) is 58.4 cm³/mol. The molecule has 92 valence electrons. The summed E-state index contributed by atoms with van der Waals surface area (Å²) in [4.78, 5) is 15.2. The molecule has 0 atom stereocenters. The number of rotatable bonds is 4. The van der Waals surface area contributed by atoms with Crippen LogP contribution in [0.1, 0.15) is 32.1 Å². The van der Waals surface area contributed by atoms with E-state index in [9.17, 15) is 4.79 Å². The van der Waals surface area contributed by atoms with Gasteiger partial charge in [0.15, 0.2) is 12.2 Å². The number of amidine groups is 1. The van der Waals surface area contributed by atoms with E-state index in [0.29, 0.717) is 12.2 Å². The van der Waals surface area contributed by atoms with E-state index >= 15 is 0 Å². The third-order valence-corrected chi connectivity index (χ3v) is 3.07. The summed E-state index contributed by atoms with van der Waals surface area (Å²) >= 11 is 0.555. The fraction of sp³-hybridized carbons (Fsp3) is 0.750. The summed E-state index contributed by atoms with van der Waals surface area (Å²) in [7, 11) is 0. The molecule has 1 fully saturated rings. The van der Waals surface area contributed by atoms with Crippen molar-refractivity contribution in [2.45, 2.75) is 38.1 Å². The molecule has 0 bridgehead atoms. The minimum absolute atomic E-state index is 0.0631. The Morgan fingerprint density at radius 2 is 2.06 bits per heavy atom. The van der Waals surface area contributed by atoms with Gasteiger partial charge in [-0.3, -0.25) is 4.89 Å². The summed E-state index contributed by atoms with van der Waals surface area (Å²) in [5, 5.41) is 15.7. The maximum Gasteiger partial charge on any atom is 0.419 e. The Morgan fingerprint density at radius 1 is 1.44 bits per heavy atom. The molecule has 0 unspecified atom stereocenters. The van der Waals surface area contributed by atoms with Crippen LogP contribution in [-0.2, 0) is 9.22 Å². The molecule has 1 saturated carbocycles. The molecule has 0 saturated heterocycles. The Balaban J connectivity index is 2.40. The number of nitrogens with two attached hydrogens (primary N) is 1. The zero-order valence-corrected chi connectivity index (χ0v) is 9.53. The first kappa shape index (κ1) is 12.9. The van der Waals surface area contributed by atoms with Gasteiger partial charge in [-0.15, -0.1) is 0 Å². The van der Waals surface area contributed by atoms with Crippen LogP contribution in [0.25, 0.3) is 0 Å². The zero-order chi connectivity index (χ0) is 12.0. The van der Waals surface area contributed by atoms with Crippen molar-refractivity contribution in [1.82, 2.24) is 4.31 Å². The van der Waals surface area contributed by atoms with E-state index in [0.717, 1.165) is 36.4 Å². The molecule has 4 N–H and O–H groups in total. The number of amides is 1. The van der Waals surface area contributed by atoms with Crippen LogP contribution in [0.3, 0.4) is 0 Å². The van der Waals surface area contributed by atoms with Crippen LogP contribution < -0.4 is 5.73 Å². The molecule has 1 aliphatic carbocycles. The first-order chi connectivity index (χ1) is 7.61. The Labute approximate surface area is 97.7 Å². The molecule has 8 heteroatoms. The summed E-state index contributed by atoms with van der Waals surface area (Å²) in [6, 6.07) is -0.673. The van der Waals surface area contributed by atoms with Gasteiger partial charge in [-0.1, -0.05) is 23.6 Å². The number of hydrogen-bond acceptors (Lipinski definition) is 5. The van der Waals surface area contributed by atoms with Gasteiger partial charge >= 0.3 is 12.1 Å². The van der Waals surface area contributed by atoms with Crippen LogP contribution in [0.4, 0.5) is 4.79 Å². The number of hydrogen-bond donors (Lipinski definition) is 3. The summed E-state index contributed by atoms with van der Waals surface area (Å²) in [6.07, 6.45) is 3.74. The first-order valence-electron chi connectivity index (χ1n) is 4.98. The zero-order valence-electron chi connectivity index (χ0n) is 8.72. The normalized spacial score (nSPS) is 16.8. The van der Waals surface area contributed by atoms with Crippen LogP contribution in [0.2, 0.25) is 0 Å². The fourth-order valence-corrected chi connectivity index (χ4v) is 2.21. The van der Waals surface area contributed by atoms with Gasteiger partial charge in [-0.25, -0.2) is 14.5 Å². The molecule has 0 aliphatic heterocycles. The second-order valence-corrected chi connectivity index (χ2v) is 4.17. The molecular formula is C8H15N3O4S. The van der Waals surface area contributed by atoms with Crippen molar-refractivity contribution < 1.29 is 19.1 Å². The molecule has 0 radical (unpaired) electrons. The standard InChI is InChI=1S/C8H15N3O4S/c9-7(10)14-15-16-11(8(12)13)6-4-2-1-3-5-6/h6H,1-5H2,(H3,9,10)(H,12,13). The summed E-state index contributed by atoms with van der Waals surface area (Å²) in [6.45, 7) is 0. The second kappa shape index (κ2) is 6.44.